The molecule has 0 aliphatic rings. The van der Waals surface area contributed by atoms with Gasteiger partial charge in [0.05, 0.1) is 0 Å². The summed E-state index contributed by atoms with van der Waals surface area (Å²) in [4.78, 5) is 4.31. The fourth-order valence-electron chi connectivity index (χ4n) is 2.25. The summed E-state index contributed by atoms with van der Waals surface area (Å²) < 4.78 is 1.13. The van der Waals surface area contributed by atoms with Crippen LogP contribution in [0.4, 0.5) is 0 Å². The molecule has 0 amide bonds. The van der Waals surface area contributed by atoms with Gasteiger partial charge in [-0.3, -0.25) is 4.98 Å². The number of nitrogens with zero attached hydrogens (tertiary/aromatic N) is 1. The zero-order valence-corrected chi connectivity index (χ0v) is 13.8. The molecule has 0 aliphatic heterocycles. The molecule has 0 aliphatic carbocycles. The molecule has 0 radical (unpaired) electrons. The number of halogens is 1. The van der Waals surface area contributed by atoms with Crippen LogP contribution in [0.1, 0.15) is 16.8 Å². The van der Waals surface area contributed by atoms with E-state index in [9.17, 15) is 5.11 Å². The van der Waals surface area contributed by atoms with E-state index < -0.39 is 0 Å². The average Bonchev–Trinajstić information content (AvgIpc) is 2.51. The predicted molar refractivity (Wildman–Crippen MR) is 89.1 cm³/mol. The second kappa shape index (κ2) is 8.27. The van der Waals surface area contributed by atoms with Gasteiger partial charge in [0.15, 0.2) is 0 Å². The molecule has 1 aromatic carbocycles. The number of rotatable bonds is 7. The summed E-state index contributed by atoms with van der Waals surface area (Å²) in [7, 11) is 0. The molecule has 21 heavy (non-hydrogen) atoms. The Balaban J connectivity index is 1.81. The minimum Gasteiger partial charge on any atom is -0.396 e. The van der Waals surface area contributed by atoms with E-state index in [0.717, 1.165) is 29.7 Å². The first-order valence-electron chi connectivity index (χ1n) is 7.15. The van der Waals surface area contributed by atoms with Gasteiger partial charge in [-0.25, -0.2) is 0 Å². The second-order valence-electron chi connectivity index (χ2n) is 5.29. The van der Waals surface area contributed by atoms with Crippen LogP contribution < -0.4 is 5.32 Å². The second-order valence-corrected chi connectivity index (χ2v) is 6.14. The predicted octanol–water partition coefficient (Wildman–Crippen LogP) is 3.09. The molecule has 0 bridgehead atoms. The summed E-state index contributed by atoms with van der Waals surface area (Å²) in [6, 6.07) is 12.2. The van der Waals surface area contributed by atoms with Crippen molar-refractivity contribution >= 4 is 15.9 Å². The van der Waals surface area contributed by atoms with Crippen molar-refractivity contribution in [2.75, 3.05) is 13.2 Å². The zero-order valence-electron chi connectivity index (χ0n) is 12.2. The van der Waals surface area contributed by atoms with E-state index in [-0.39, 0.29) is 12.5 Å². The summed E-state index contributed by atoms with van der Waals surface area (Å²) in [6.45, 7) is 3.85. The molecule has 2 rings (SSSR count). The van der Waals surface area contributed by atoms with Crippen LogP contribution in [0.15, 0.2) is 47.1 Å². The van der Waals surface area contributed by atoms with Crippen molar-refractivity contribution in [2.45, 2.75) is 19.9 Å². The minimum atomic E-state index is 0.170. The number of hydrogen-bond donors (Lipinski definition) is 2. The number of aromatic nitrogens is 1. The zero-order chi connectivity index (χ0) is 15.1. The number of nitrogens with one attached hydrogen (secondary N) is 1. The van der Waals surface area contributed by atoms with Gasteiger partial charge in [0.25, 0.3) is 0 Å². The Bertz CT molecular complexity index is 560. The fraction of sp³-hybridized carbons (Fsp3) is 0.353. The van der Waals surface area contributed by atoms with Crippen LogP contribution in [0.3, 0.4) is 0 Å². The summed E-state index contributed by atoms with van der Waals surface area (Å²) in [6.07, 6.45) is 2.59. The monoisotopic (exact) mass is 348 g/mol. The number of aryl methyl sites for hydroxylation is 1. The Hall–Kier alpha value is -1.23. The maximum absolute atomic E-state index is 9.49. The molecule has 0 fully saturated rings. The number of benzene rings is 1. The van der Waals surface area contributed by atoms with E-state index in [1.165, 1.54) is 11.1 Å². The molecule has 112 valence electrons. The lowest BCUT2D eigenvalue weighted by Gasteiger charge is -2.15. The molecule has 2 N–H and O–H groups in total. The highest BCUT2D eigenvalue weighted by Gasteiger charge is 2.09. The average molecular weight is 349 g/mol. The van der Waals surface area contributed by atoms with Crippen LogP contribution in [0, 0.1) is 12.8 Å². The van der Waals surface area contributed by atoms with Crippen molar-refractivity contribution in [1.82, 2.24) is 10.3 Å². The van der Waals surface area contributed by atoms with Crippen LogP contribution >= 0.6 is 15.9 Å². The van der Waals surface area contributed by atoms with Gasteiger partial charge < -0.3 is 10.4 Å². The number of hydrogen-bond acceptors (Lipinski definition) is 3. The first kappa shape index (κ1) is 16.1. The van der Waals surface area contributed by atoms with E-state index in [4.69, 9.17) is 0 Å². The van der Waals surface area contributed by atoms with E-state index in [1.807, 2.05) is 18.2 Å². The van der Waals surface area contributed by atoms with Gasteiger partial charge in [0.2, 0.25) is 0 Å². The lowest BCUT2D eigenvalue weighted by Crippen LogP contribution is -2.26. The van der Waals surface area contributed by atoms with Gasteiger partial charge in [-0.2, -0.15) is 0 Å². The van der Waals surface area contributed by atoms with Crippen LogP contribution in [0.25, 0.3) is 0 Å². The van der Waals surface area contributed by atoms with Gasteiger partial charge in [-0.05, 0) is 48.6 Å². The maximum atomic E-state index is 9.49. The van der Waals surface area contributed by atoms with E-state index in [1.54, 1.807) is 6.20 Å². The minimum absolute atomic E-state index is 0.170. The first-order valence-corrected chi connectivity index (χ1v) is 7.95. The first-order chi connectivity index (χ1) is 10.2. The Kier molecular flexibility index (Phi) is 6.36. The van der Waals surface area contributed by atoms with Gasteiger partial charge >= 0.3 is 0 Å². The summed E-state index contributed by atoms with van der Waals surface area (Å²) in [5.41, 5.74) is 3.52. The Morgan fingerprint density at radius 2 is 2.14 bits per heavy atom. The Morgan fingerprint density at radius 3 is 2.81 bits per heavy atom. The standard InChI is InChI=1S/C17H21BrN2O/c1-13-8-14(5-6-17(13)18)10-19-11-15(12-21)9-16-4-2-3-7-20-16/h2-8,15,19,21H,9-12H2,1H3. The van der Waals surface area contributed by atoms with Crippen molar-refractivity contribution in [1.29, 1.82) is 0 Å². The molecule has 1 unspecified atom stereocenters. The number of aliphatic hydroxyl groups is 1. The molecule has 1 aromatic heterocycles. The lowest BCUT2D eigenvalue weighted by atomic mass is 10.0. The molecule has 0 spiro atoms. The van der Waals surface area contributed by atoms with Crippen molar-refractivity contribution in [3.8, 4) is 0 Å². The number of aliphatic hydroxyl groups excluding tert-OH is 1. The molecule has 0 saturated carbocycles. The van der Waals surface area contributed by atoms with Crippen LogP contribution in [-0.4, -0.2) is 23.2 Å². The molecule has 1 heterocycles. The third kappa shape index (κ3) is 5.23. The number of pyridine rings is 1. The van der Waals surface area contributed by atoms with Crippen LogP contribution in [0.5, 0.6) is 0 Å². The highest BCUT2D eigenvalue weighted by Crippen LogP contribution is 2.17. The normalized spacial score (nSPS) is 12.3. The molecule has 2 aromatic rings. The van der Waals surface area contributed by atoms with Crippen molar-refractivity contribution in [3.63, 3.8) is 0 Å². The highest BCUT2D eigenvalue weighted by molar-refractivity contribution is 9.10. The van der Waals surface area contributed by atoms with Crippen molar-refractivity contribution in [2.24, 2.45) is 5.92 Å². The van der Waals surface area contributed by atoms with Crippen molar-refractivity contribution < 1.29 is 5.11 Å². The topological polar surface area (TPSA) is 45.1 Å². The Morgan fingerprint density at radius 1 is 1.29 bits per heavy atom. The lowest BCUT2D eigenvalue weighted by molar-refractivity contribution is 0.220. The van der Waals surface area contributed by atoms with Crippen LogP contribution in [0.2, 0.25) is 0 Å². The van der Waals surface area contributed by atoms with Gasteiger partial charge in [-0.15, -0.1) is 0 Å². The van der Waals surface area contributed by atoms with Gasteiger partial charge in [0.1, 0.15) is 0 Å². The van der Waals surface area contributed by atoms with Crippen LogP contribution in [-0.2, 0) is 13.0 Å². The molecular formula is C17H21BrN2O. The molecule has 3 nitrogen and oxygen atoms in total. The van der Waals surface area contributed by atoms with E-state index in [0.29, 0.717) is 0 Å². The van der Waals surface area contributed by atoms with Gasteiger partial charge in [0, 0.05) is 36.1 Å². The quantitative estimate of drug-likeness (QED) is 0.808. The molecule has 1 atom stereocenters. The summed E-state index contributed by atoms with van der Waals surface area (Å²) in [5.74, 6) is 0.191. The molecule has 0 saturated heterocycles. The van der Waals surface area contributed by atoms with Gasteiger partial charge in [-0.1, -0.05) is 34.1 Å². The third-order valence-corrected chi connectivity index (χ3v) is 4.36. The maximum Gasteiger partial charge on any atom is 0.0475 e. The van der Waals surface area contributed by atoms with E-state index in [2.05, 4.69) is 51.4 Å². The smallest absolute Gasteiger partial charge is 0.0475 e. The summed E-state index contributed by atoms with van der Waals surface area (Å²) in [5, 5.41) is 12.9. The Labute approximate surface area is 134 Å². The highest BCUT2D eigenvalue weighted by atomic mass is 79.9. The summed E-state index contributed by atoms with van der Waals surface area (Å²) >= 11 is 3.51. The largest absolute Gasteiger partial charge is 0.396 e. The molecule has 4 heteroatoms. The van der Waals surface area contributed by atoms with Crippen molar-refractivity contribution in [3.05, 3.63) is 63.9 Å². The van der Waals surface area contributed by atoms with E-state index >= 15 is 0 Å². The molecular weight excluding hydrogens is 328 g/mol. The SMILES string of the molecule is Cc1cc(CNCC(CO)Cc2ccccn2)ccc1Br. The fourth-order valence-corrected chi connectivity index (χ4v) is 2.50. The third-order valence-electron chi connectivity index (χ3n) is 3.47.